The molecule has 3 N–H and O–H groups in total. The van der Waals surface area contributed by atoms with Gasteiger partial charge in [-0.3, -0.25) is 15.6 Å². The van der Waals surface area contributed by atoms with Crippen LogP contribution < -0.4 is 10.9 Å². The molecule has 4 nitrogen and oxygen atoms in total. The Morgan fingerprint density at radius 3 is 2.35 bits per heavy atom. The third-order valence-electron chi connectivity index (χ3n) is 3.14. The summed E-state index contributed by atoms with van der Waals surface area (Å²) in [4.78, 5) is 10.9. The van der Waals surface area contributed by atoms with Crippen LogP contribution >= 0.6 is 0 Å². The molecule has 0 radical (unpaired) electrons. The Balaban J connectivity index is 2.28. The number of carbonyl (C=O) groups excluding carboxylic acids is 1. The van der Waals surface area contributed by atoms with Gasteiger partial charge in [-0.2, -0.15) is 0 Å². The highest BCUT2D eigenvalue weighted by atomic mass is 16.3. The van der Waals surface area contributed by atoms with E-state index in [0.717, 1.165) is 11.1 Å². The molecule has 20 heavy (non-hydrogen) atoms. The van der Waals surface area contributed by atoms with E-state index in [2.05, 4.69) is 10.9 Å². The number of amides is 1. The molecule has 1 unspecified atom stereocenters. The van der Waals surface area contributed by atoms with E-state index in [4.69, 9.17) is 0 Å². The van der Waals surface area contributed by atoms with Crippen LogP contribution in [0.1, 0.15) is 25.0 Å². The SMILES string of the molecule is CC(=O)NNc1cccc(C(C)(O)c2ccccc2)c1. The molecule has 0 saturated carbocycles. The first-order chi connectivity index (χ1) is 9.50. The molecule has 0 bridgehead atoms. The molecule has 2 rings (SSSR count). The van der Waals surface area contributed by atoms with E-state index in [9.17, 15) is 9.90 Å². The average Bonchev–Trinajstić information content (AvgIpc) is 2.46. The minimum Gasteiger partial charge on any atom is -0.381 e. The molecule has 0 aliphatic rings. The second-order valence-electron chi connectivity index (χ2n) is 4.83. The summed E-state index contributed by atoms with van der Waals surface area (Å²) in [5, 5.41) is 10.7. The van der Waals surface area contributed by atoms with Gasteiger partial charge >= 0.3 is 0 Å². The molecule has 2 aromatic rings. The van der Waals surface area contributed by atoms with E-state index >= 15 is 0 Å². The number of hydrogen-bond acceptors (Lipinski definition) is 3. The maximum Gasteiger partial charge on any atom is 0.235 e. The van der Waals surface area contributed by atoms with Gasteiger partial charge in [-0.05, 0) is 30.2 Å². The van der Waals surface area contributed by atoms with Gasteiger partial charge in [0.2, 0.25) is 5.91 Å². The van der Waals surface area contributed by atoms with Gasteiger partial charge < -0.3 is 5.11 Å². The predicted molar refractivity (Wildman–Crippen MR) is 79.0 cm³/mol. The number of hydrazine groups is 1. The summed E-state index contributed by atoms with van der Waals surface area (Å²) in [7, 11) is 0. The zero-order chi connectivity index (χ0) is 14.6. The number of nitrogens with one attached hydrogen (secondary N) is 2. The molecular weight excluding hydrogens is 252 g/mol. The Morgan fingerprint density at radius 1 is 1.05 bits per heavy atom. The molecule has 0 aliphatic heterocycles. The summed E-state index contributed by atoms with van der Waals surface area (Å²) < 4.78 is 0. The average molecular weight is 270 g/mol. The number of rotatable bonds is 4. The van der Waals surface area contributed by atoms with Crippen LogP contribution in [-0.4, -0.2) is 11.0 Å². The van der Waals surface area contributed by atoms with E-state index in [1.165, 1.54) is 6.92 Å². The number of hydrogen-bond donors (Lipinski definition) is 3. The van der Waals surface area contributed by atoms with E-state index < -0.39 is 5.60 Å². The van der Waals surface area contributed by atoms with E-state index in [-0.39, 0.29) is 5.91 Å². The fraction of sp³-hybridized carbons (Fsp3) is 0.188. The first kappa shape index (κ1) is 14.1. The Labute approximate surface area is 118 Å². The van der Waals surface area contributed by atoms with Gasteiger partial charge in [-0.15, -0.1) is 0 Å². The van der Waals surface area contributed by atoms with Crippen LogP contribution in [0, 0.1) is 0 Å². The lowest BCUT2D eigenvalue weighted by molar-refractivity contribution is -0.118. The highest BCUT2D eigenvalue weighted by Gasteiger charge is 2.25. The van der Waals surface area contributed by atoms with Crippen molar-refractivity contribution in [3.8, 4) is 0 Å². The predicted octanol–water partition coefficient (Wildman–Crippen LogP) is 2.41. The Kier molecular flexibility index (Phi) is 4.05. The van der Waals surface area contributed by atoms with Crippen LogP contribution in [0.25, 0.3) is 0 Å². The summed E-state index contributed by atoms with van der Waals surface area (Å²) in [5.41, 5.74) is 6.50. The summed E-state index contributed by atoms with van der Waals surface area (Å²) in [6.45, 7) is 3.18. The maximum absolute atomic E-state index is 10.9. The van der Waals surface area contributed by atoms with Gasteiger partial charge in [-0.25, -0.2) is 0 Å². The van der Waals surface area contributed by atoms with Crippen molar-refractivity contribution in [2.75, 3.05) is 5.43 Å². The molecule has 104 valence electrons. The van der Waals surface area contributed by atoms with Gasteiger partial charge in [0, 0.05) is 6.92 Å². The quantitative estimate of drug-likeness (QED) is 0.748. The zero-order valence-electron chi connectivity index (χ0n) is 11.6. The molecule has 0 fully saturated rings. The molecule has 4 heteroatoms. The molecule has 2 aromatic carbocycles. The third-order valence-corrected chi connectivity index (χ3v) is 3.14. The Bertz CT molecular complexity index is 594. The highest BCUT2D eigenvalue weighted by Crippen LogP contribution is 2.30. The summed E-state index contributed by atoms with van der Waals surface area (Å²) in [5.74, 6) is -0.176. The smallest absolute Gasteiger partial charge is 0.235 e. The van der Waals surface area contributed by atoms with Crippen LogP contribution in [0.5, 0.6) is 0 Å². The minimum atomic E-state index is -1.09. The summed E-state index contributed by atoms with van der Waals surface area (Å²) in [6.07, 6.45) is 0. The molecule has 0 aromatic heterocycles. The molecule has 0 spiro atoms. The van der Waals surface area contributed by atoms with Crippen LogP contribution in [0.2, 0.25) is 0 Å². The first-order valence-corrected chi connectivity index (χ1v) is 6.41. The number of benzene rings is 2. The summed E-state index contributed by atoms with van der Waals surface area (Å²) >= 11 is 0. The van der Waals surface area contributed by atoms with Crippen molar-refractivity contribution in [3.05, 3.63) is 65.7 Å². The van der Waals surface area contributed by atoms with E-state index in [1.54, 1.807) is 6.92 Å². The third kappa shape index (κ3) is 3.16. The number of carbonyl (C=O) groups is 1. The second-order valence-corrected chi connectivity index (χ2v) is 4.83. The first-order valence-electron chi connectivity index (χ1n) is 6.41. The monoisotopic (exact) mass is 270 g/mol. The maximum atomic E-state index is 10.9. The number of anilines is 1. The second kappa shape index (κ2) is 5.75. The van der Waals surface area contributed by atoms with Gasteiger partial charge in [-0.1, -0.05) is 42.5 Å². The van der Waals surface area contributed by atoms with Crippen LogP contribution in [0.15, 0.2) is 54.6 Å². The Hall–Kier alpha value is -2.33. The Morgan fingerprint density at radius 2 is 1.70 bits per heavy atom. The van der Waals surface area contributed by atoms with Crippen LogP contribution in [0.3, 0.4) is 0 Å². The molecule has 1 atom stereocenters. The van der Waals surface area contributed by atoms with Gasteiger partial charge in [0.25, 0.3) is 0 Å². The van der Waals surface area contributed by atoms with Gasteiger partial charge in [0.15, 0.2) is 0 Å². The van der Waals surface area contributed by atoms with Crippen molar-refractivity contribution in [1.82, 2.24) is 5.43 Å². The largest absolute Gasteiger partial charge is 0.381 e. The topological polar surface area (TPSA) is 61.4 Å². The fourth-order valence-corrected chi connectivity index (χ4v) is 1.99. The van der Waals surface area contributed by atoms with Gasteiger partial charge in [0.05, 0.1) is 5.69 Å². The highest BCUT2D eigenvalue weighted by molar-refractivity contribution is 5.74. The van der Waals surface area contributed by atoms with E-state index in [1.807, 2.05) is 54.6 Å². The number of aliphatic hydroxyl groups is 1. The van der Waals surface area contributed by atoms with Crippen molar-refractivity contribution in [1.29, 1.82) is 0 Å². The normalized spacial score (nSPS) is 13.3. The van der Waals surface area contributed by atoms with Crippen molar-refractivity contribution in [2.45, 2.75) is 19.4 Å². The molecule has 0 aliphatic carbocycles. The van der Waals surface area contributed by atoms with E-state index in [0.29, 0.717) is 5.69 Å². The lowest BCUT2D eigenvalue weighted by Crippen LogP contribution is -2.27. The van der Waals surface area contributed by atoms with Crippen molar-refractivity contribution >= 4 is 11.6 Å². The molecule has 1 amide bonds. The van der Waals surface area contributed by atoms with Crippen molar-refractivity contribution in [2.24, 2.45) is 0 Å². The summed E-state index contributed by atoms with van der Waals surface area (Å²) in [6, 6.07) is 16.8. The van der Waals surface area contributed by atoms with Gasteiger partial charge in [0.1, 0.15) is 5.60 Å². The van der Waals surface area contributed by atoms with Crippen molar-refractivity contribution in [3.63, 3.8) is 0 Å². The lowest BCUT2D eigenvalue weighted by atomic mass is 9.88. The molecule has 0 heterocycles. The molecule has 0 saturated heterocycles. The lowest BCUT2D eigenvalue weighted by Gasteiger charge is -2.25. The van der Waals surface area contributed by atoms with Crippen molar-refractivity contribution < 1.29 is 9.90 Å². The standard InChI is InChI=1S/C16H18N2O2/c1-12(19)17-18-15-10-6-9-14(11-15)16(2,20)13-7-4-3-5-8-13/h3-11,18,20H,1-2H3,(H,17,19). The van der Waals surface area contributed by atoms with Crippen LogP contribution in [0.4, 0.5) is 5.69 Å². The minimum absolute atomic E-state index is 0.176. The fourth-order valence-electron chi connectivity index (χ4n) is 1.99. The molecular formula is C16H18N2O2. The zero-order valence-corrected chi connectivity index (χ0v) is 11.6. The van der Waals surface area contributed by atoms with Crippen LogP contribution in [-0.2, 0) is 10.4 Å².